The minimum atomic E-state index is 0.0426. The summed E-state index contributed by atoms with van der Waals surface area (Å²) in [5, 5.41) is 11.6. The first kappa shape index (κ1) is 39.2. The standard InChI is InChI=1S/C39H75N9/c1-28-40-32(47(15)30-24-36(6,7)44-37(8,9)25-30)42-33(41-28)48(31-26-38(10,11)45-39(12,13)27-31)21-19-17-16-18-20-46(14)29-22-34(2,3)43-35(4,5)23-29/h29-31,43-45H,16-27H2,1-15H3. The Kier molecular flexibility index (Phi) is 11.6. The van der Waals surface area contributed by atoms with Crippen LogP contribution < -0.4 is 25.8 Å². The first-order valence-corrected chi connectivity index (χ1v) is 19.2. The van der Waals surface area contributed by atoms with Gasteiger partial charge in [0.05, 0.1) is 0 Å². The van der Waals surface area contributed by atoms with E-state index in [4.69, 9.17) is 15.0 Å². The van der Waals surface area contributed by atoms with Crippen LogP contribution >= 0.6 is 0 Å². The van der Waals surface area contributed by atoms with Crippen LogP contribution in [-0.2, 0) is 0 Å². The second kappa shape index (κ2) is 14.2. The van der Waals surface area contributed by atoms with E-state index in [1.54, 1.807) is 0 Å². The fraction of sp³-hybridized carbons (Fsp3) is 0.923. The molecule has 3 aliphatic heterocycles. The first-order valence-electron chi connectivity index (χ1n) is 19.2. The molecule has 3 saturated heterocycles. The third kappa shape index (κ3) is 11.0. The molecular weight excluding hydrogens is 594 g/mol. The quantitative estimate of drug-likeness (QED) is 0.207. The van der Waals surface area contributed by atoms with E-state index in [1.165, 1.54) is 38.6 Å². The van der Waals surface area contributed by atoms with Crippen molar-refractivity contribution in [2.45, 2.75) is 206 Å². The van der Waals surface area contributed by atoms with Gasteiger partial charge in [-0.3, -0.25) is 0 Å². The van der Waals surface area contributed by atoms with Gasteiger partial charge >= 0.3 is 0 Å². The molecule has 3 fully saturated rings. The Morgan fingerprint density at radius 1 is 0.500 bits per heavy atom. The predicted molar refractivity (Wildman–Crippen MR) is 204 cm³/mol. The number of aromatic nitrogens is 3. The van der Waals surface area contributed by atoms with Gasteiger partial charge < -0.3 is 30.7 Å². The van der Waals surface area contributed by atoms with E-state index in [0.717, 1.165) is 56.4 Å². The molecule has 3 N–H and O–H groups in total. The number of nitrogens with zero attached hydrogens (tertiary/aromatic N) is 6. The average molecular weight is 670 g/mol. The number of aryl methyl sites for hydroxylation is 1. The molecule has 0 saturated carbocycles. The molecule has 0 aromatic carbocycles. The highest BCUT2D eigenvalue weighted by Crippen LogP contribution is 2.36. The van der Waals surface area contributed by atoms with E-state index in [0.29, 0.717) is 18.1 Å². The topological polar surface area (TPSA) is 84.5 Å². The molecular formula is C39H75N9. The molecule has 3 aliphatic rings. The van der Waals surface area contributed by atoms with E-state index in [9.17, 15) is 0 Å². The summed E-state index contributed by atoms with van der Waals surface area (Å²) in [6.07, 6.45) is 11.5. The van der Waals surface area contributed by atoms with Crippen LogP contribution in [0.2, 0.25) is 0 Å². The Balaban J connectivity index is 1.45. The number of nitrogens with one attached hydrogen (secondary N) is 3. The molecule has 4 heterocycles. The van der Waals surface area contributed by atoms with Crippen LogP contribution in [0.4, 0.5) is 11.9 Å². The highest BCUT2D eigenvalue weighted by Gasteiger charge is 2.43. The van der Waals surface area contributed by atoms with Gasteiger partial charge in [-0.05, 0) is 155 Å². The Hall–Kier alpha value is -1.55. The Morgan fingerprint density at radius 2 is 0.875 bits per heavy atom. The van der Waals surface area contributed by atoms with E-state index < -0.39 is 0 Å². The highest BCUT2D eigenvalue weighted by atomic mass is 15.4. The van der Waals surface area contributed by atoms with Crippen LogP contribution in [0.5, 0.6) is 0 Å². The third-order valence-corrected chi connectivity index (χ3v) is 11.1. The van der Waals surface area contributed by atoms with Gasteiger partial charge in [0.1, 0.15) is 5.82 Å². The number of hydrogen-bond acceptors (Lipinski definition) is 9. The van der Waals surface area contributed by atoms with Gasteiger partial charge in [0.2, 0.25) is 11.9 Å². The van der Waals surface area contributed by atoms with Crippen LogP contribution in [0.3, 0.4) is 0 Å². The molecule has 1 aromatic rings. The van der Waals surface area contributed by atoms with Gasteiger partial charge in [-0.1, -0.05) is 12.8 Å². The van der Waals surface area contributed by atoms with Crippen LogP contribution in [-0.4, -0.2) is 98.4 Å². The van der Waals surface area contributed by atoms with Gasteiger partial charge in [-0.25, -0.2) is 0 Å². The monoisotopic (exact) mass is 670 g/mol. The van der Waals surface area contributed by atoms with E-state index in [2.05, 4.69) is 128 Å². The summed E-state index contributed by atoms with van der Waals surface area (Å²) in [5.74, 6) is 2.46. The van der Waals surface area contributed by atoms with E-state index in [1.807, 2.05) is 6.92 Å². The van der Waals surface area contributed by atoms with Crippen LogP contribution in [0.15, 0.2) is 0 Å². The Morgan fingerprint density at radius 3 is 1.33 bits per heavy atom. The fourth-order valence-electron chi connectivity index (χ4n) is 10.1. The third-order valence-electron chi connectivity index (χ3n) is 11.1. The van der Waals surface area contributed by atoms with Crippen LogP contribution in [0, 0.1) is 6.92 Å². The maximum Gasteiger partial charge on any atom is 0.230 e. The molecule has 0 spiro atoms. The number of hydrogen-bond donors (Lipinski definition) is 3. The smallest absolute Gasteiger partial charge is 0.230 e. The summed E-state index contributed by atoms with van der Waals surface area (Å²) in [4.78, 5) is 22.7. The molecule has 1 aromatic heterocycles. The lowest BCUT2D eigenvalue weighted by Gasteiger charge is -2.50. The zero-order valence-electron chi connectivity index (χ0n) is 33.9. The summed E-state index contributed by atoms with van der Waals surface area (Å²) in [7, 11) is 4.53. The fourth-order valence-corrected chi connectivity index (χ4v) is 10.1. The zero-order chi connectivity index (χ0) is 35.9. The van der Waals surface area contributed by atoms with Crippen molar-refractivity contribution in [3.8, 4) is 0 Å². The van der Waals surface area contributed by atoms with Crippen molar-refractivity contribution < 1.29 is 0 Å². The molecule has 48 heavy (non-hydrogen) atoms. The van der Waals surface area contributed by atoms with Gasteiger partial charge in [0.15, 0.2) is 0 Å². The first-order chi connectivity index (χ1) is 21.9. The Bertz CT molecular complexity index is 1170. The van der Waals surface area contributed by atoms with Gasteiger partial charge in [0, 0.05) is 65.0 Å². The van der Waals surface area contributed by atoms with Gasteiger partial charge in [0.25, 0.3) is 0 Å². The number of piperidine rings is 3. The maximum atomic E-state index is 5.27. The summed E-state index contributed by atoms with van der Waals surface area (Å²) < 4.78 is 0. The molecule has 0 aliphatic carbocycles. The van der Waals surface area contributed by atoms with Gasteiger partial charge in [-0.2, -0.15) is 15.0 Å². The molecule has 0 atom stereocenters. The molecule has 9 heteroatoms. The lowest BCUT2D eigenvalue weighted by atomic mass is 9.79. The van der Waals surface area contributed by atoms with Crippen molar-refractivity contribution in [2.75, 3.05) is 37.0 Å². The van der Waals surface area contributed by atoms with Crippen molar-refractivity contribution in [1.29, 1.82) is 0 Å². The number of anilines is 2. The van der Waals surface area contributed by atoms with Crippen molar-refractivity contribution in [3.05, 3.63) is 5.82 Å². The second-order valence-corrected chi connectivity index (χ2v) is 20.0. The summed E-state index contributed by atoms with van der Waals surface area (Å²) in [6, 6.07) is 1.36. The molecule has 0 amide bonds. The molecule has 9 nitrogen and oxygen atoms in total. The maximum absolute atomic E-state index is 5.27. The highest BCUT2D eigenvalue weighted by molar-refractivity contribution is 5.41. The lowest BCUT2D eigenvalue weighted by Crippen LogP contribution is -2.62. The molecule has 0 bridgehead atoms. The number of unbranched alkanes of at least 4 members (excludes halogenated alkanes) is 3. The Labute approximate surface area is 295 Å². The molecule has 0 unspecified atom stereocenters. The minimum absolute atomic E-state index is 0.0426. The number of rotatable bonds is 12. The van der Waals surface area contributed by atoms with Crippen molar-refractivity contribution in [2.24, 2.45) is 0 Å². The SMILES string of the molecule is Cc1nc(N(C)C2CC(C)(C)NC(C)(C)C2)nc(N(CCCCCCN(C)C2CC(C)(C)NC(C)(C)C2)C2CC(C)(C)NC(C)(C)C2)n1. The van der Waals surface area contributed by atoms with Crippen LogP contribution in [0.25, 0.3) is 0 Å². The lowest BCUT2D eigenvalue weighted by molar-refractivity contribution is 0.0805. The van der Waals surface area contributed by atoms with Crippen molar-refractivity contribution in [3.63, 3.8) is 0 Å². The summed E-state index contributed by atoms with van der Waals surface area (Å²) in [5.41, 5.74) is 0.566. The summed E-state index contributed by atoms with van der Waals surface area (Å²) >= 11 is 0. The van der Waals surface area contributed by atoms with E-state index in [-0.39, 0.29) is 33.2 Å². The second-order valence-electron chi connectivity index (χ2n) is 20.0. The normalized spacial score (nSPS) is 25.2. The van der Waals surface area contributed by atoms with Gasteiger partial charge in [-0.15, -0.1) is 0 Å². The molecule has 276 valence electrons. The van der Waals surface area contributed by atoms with E-state index >= 15 is 0 Å². The summed E-state index contributed by atoms with van der Waals surface area (Å²) in [6.45, 7) is 32.2. The molecule has 4 rings (SSSR count). The average Bonchev–Trinajstić information content (AvgIpc) is 2.86. The molecule has 0 radical (unpaired) electrons. The minimum Gasteiger partial charge on any atom is -0.341 e. The van der Waals surface area contributed by atoms with Crippen LogP contribution in [0.1, 0.15) is 153 Å². The van der Waals surface area contributed by atoms with Crippen molar-refractivity contribution >= 4 is 11.9 Å². The van der Waals surface area contributed by atoms with Crippen molar-refractivity contribution in [1.82, 2.24) is 35.8 Å². The predicted octanol–water partition coefficient (Wildman–Crippen LogP) is 6.84. The zero-order valence-corrected chi connectivity index (χ0v) is 33.9. The largest absolute Gasteiger partial charge is 0.341 e.